The van der Waals surface area contributed by atoms with Crippen molar-refractivity contribution in [2.75, 3.05) is 23.6 Å². The van der Waals surface area contributed by atoms with Crippen LogP contribution in [-0.4, -0.2) is 35.3 Å². The predicted molar refractivity (Wildman–Crippen MR) is 96.3 cm³/mol. The van der Waals surface area contributed by atoms with Crippen LogP contribution < -0.4 is 20.1 Å². The molecule has 3 rings (SSSR count). The summed E-state index contributed by atoms with van der Waals surface area (Å²) in [5, 5.41) is 9.19. The number of carbonyl (C=O) groups excluding carboxylic acids is 2. The molecule has 1 aliphatic heterocycles. The Labute approximate surface area is 154 Å². The number of nitrogens with zero attached hydrogens (tertiary/aromatic N) is 1. The van der Waals surface area contributed by atoms with Crippen LogP contribution in [0.4, 0.5) is 5.82 Å². The molecule has 0 fully saturated rings. The lowest BCUT2D eigenvalue weighted by molar-refractivity contribution is -0.119. The van der Waals surface area contributed by atoms with Gasteiger partial charge in [-0.25, -0.2) is 0 Å². The summed E-state index contributed by atoms with van der Waals surface area (Å²) in [6, 6.07) is 7.02. The Morgan fingerprint density at radius 2 is 1.96 bits per heavy atom. The largest absolute Gasteiger partial charge is 0.454 e. The van der Waals surface area contributed by atoms with E-state index in [0.717, 1.165) is 5.56 Å². The number of hydrogen-bond acceptors (Lipinski definition) is 7. The van der Waals surface area contributed by atoms with Gasteiger partial charge in [-0.05, 0) is 31.5 Å². The highest BCUT2D eigenvalue weighted by Crippen LogP contribution is 2.34. The molecule has 8 nitrogen and oxygen atoms in total. The molecule has 0 spiro atoms. The molecule has 0 unspecified atom stereocenters. The molecule has 9 heteroatoms. The van der Waals surface area contributed by atoms with E-state index in [1.165, 1.54) is 11.8 Å². The minimum absolute atomic E-state index is 0.148. The lowest BCUT2D eigenvalue weighted by atomic mass is 10.1. The van der Waals surface area contributed by atoms with Crippen molar-refractivity contribution >= 4 is 29.4 Å². The summed E-state index contributed by atoms with van der Waals surface area (Å²) >= 11 is 1.23. The van der Waals surface area contributed by atoms with Crippen LogP contribution in [0.15, 0.2) is 28.8 Å². The summed E-state index contributed by atoms with van der Waals surface area (Å²) in [5.74, 6) is 2.32. The van der Waals surface area contributed by atoms with Crippen LogP contribution in [0.1, 0.15) is 24.3 Å². The molecule has 2 heterocycles. The molecule has 2 aromatic rings. The smallest absolute Gasteiger partial charge is 0.235 e. The number of nitrogens with one attached hydrogen (secondary N) is 2. The van der Waals surface area contributed by atoms with E-state index in [4.69, 9.17) is 14.0 Å². The Hall–Kier alpha value is -2.68. The maximum Gasteiger partial charge on any atom is 0.235 e. The minimum Gasteiger partial charge on any atom is -0.454 e. The Morgan fingerprint density at radius 1 is 1.19 bits per heavy atom. The van der Waals surface area contributed by atoms with Crippen molar-refractivity contribution in [1.29, 1.82) is 0 Å². The Balaban J connectivity index is 1.40. The average molecular weight is 377 g/mol. The van der Waals surface area contributed by atoms with Crippen molar-refractivity contribution in [3.63, 3.8) is 0 Å². The zero-order valence-corrected chi connectivity index (χ0v) is 15.2. The molecule has 1 aromatic heterocycles. The van der Waals surface area contributed by atoms with Gasteiger partial charge in [-0.3, -0.25) is 9.59 Å². The maximum absolute atomic E-state index is 12.1. The van der Waals surface area contributed by atoms with Gasteiger partial charge in [0, 0.05) is 6.07 Å². The van der Waals surface area contributed by atoms with Crippen molar-refractivity contribution < 1.29 is 23.6 Å². The van der Waals surface area contributed by atoms with Crippen LogP contribution in [0.3, 0.4) is 0 Å². The van der Waals surface area contributed by atoms with Crippen LogP contribution in [0.25, 0.3) is 0 Å². The van der Waals surface area contributed by atoms with Crippen molar-refractivity contribution in [1.82, 2.24) is 10.5 Å². The highest BCUT2D eigenvalue weighted by atomic mass is 32.2. The number of amides is 2. The summed E-state index contributed by atoms with van der Waals surface area (Å²) in [7, 11) is 0. The highest BCUT2D eigenvalue weighted by molar-refractivity contribution is 8.00. The number of thioether (sulfide) groups is 1. The van der Waals surface area contributed by atoms with Gasteiger partial charge in [0.25, 0.3) is 0 Å². The van der Waals surface area contributed by atoms with Gasteiger partial charge in [-0.15, -0.1) is 11.8 Å². The fraction of sp³-hybridized carbons (Fsp3) is 0.353. The molecule has 0 radical (unpaired) electrons. The van der Waals surface area contributed by atoms with E-state index in [-0.39, 0.29) is 36.2 Å². The third kappa shape index (κ3) is 4.69. The van der Waals surface area contributed by atoms with E-state index in [0.29, 0.717) is 23.1 Å². The summed E-state index contributed by atoms with van der Waals surface area (Å²) in [4.78, 5) is 23.8. The molecule has 2 N–H and O–H groups in total. The van der Waals surface area contributed by atoms with Gasteiger partial charge in [0.1, 0.15) is 5.76 Å². The SMILES string of the molecule is Cc1cc(NC(=O)CSCC(=O)N[C@H](C)c2ccc3c(c2)OCO3)no1. The van der Waals surface area contributed by atoms with E-state index in [1.807, 2.05) is 25.1 Å². The standard InChI is InChI=1S/C17H19N3O5S/c1-10-5-15(20-25-10)19-17(22)8-26-7-16(21)18-11(2)12-3-4-13-14(6-12)24-9-23-13/h3-6,11H,7-9H2,1-2H3,(H,18,21)(H,19,20,22)/t11-/m1/s1. The fourth-order valence-corrected chi connectivity index (χ4v) is 3.02. The molecule has 1 aromatic carbocycles. The first kappa shape index (κ1) is 18.1. The minimum atomic E-state index is -0.236. The van der Waals surface area contributed by atoms with Crippen LogP contribution in [-0.2, 0) is 9.59 Å². The molecule has 0 bridgehead atoms. The molecule has 0 saturated carbocycles. The maximum atomic E-state index is 12.1. The van der Waals surface area contributed by atoms with Crippen LogP contribution >= 0.6 is 11.8 Å². The highest BCUT2D eigenvalue weighted by Gasteiger charge is 2.17. The number of benzene rings is 1. The van der Waals surface area contributed by atoms with Gasteiger partial charge in [-0.2, -0.15) is 0 Å². The monoisotopic (exact) mass is 377 g/mol. The van der Waals surface area contributed by atoms with Gasteiger partial charge >= 0.3 is 0 Å². The summed E-state index contributed by atoms with van der Waals surface area (Å²) in [5.41, 5.74) is 0.923. The van der Waals surface area contributed by atoms with Gasteiger partial charge in [0.05, 0.1) is 17.5 Å². The molecular formula is C17H19N3O5S. The van der Waals surface area contributed by atoms with Crippen molar-refractivity contribution in [2.45, 2.75) is 19.9 Å². The number of rotatable bonds is 7. The molecule has 0 aliphatic carbocycles. The van der Waals surface area contributed by atoms with E-state index >= 15 is 0 Å². The van der Waals surface area contributed by atoms with Gasteiger partial charge in [0.2, 0.25) is 18.6 Å². The molecule has 26 heavy (non-hydrogen) atoms. The summed E-state index contributed by atoms with van der Waals surface area (Å²) < 4.78 is 15.5. The van der Waals surface area contributed by atoms with Gasteiger partial charge < -0.3 is 24.6 Å². The fourth-order valence-electron chi connectivity index (χ4n) is 2.39. The Bertz CT molecular complexity index is 807. The molecule has 1 atom stereocenters. The van der Waals surface area contributed by atoms with Crippen molar-refractivity contribution in [3.05, 3.63) is 35.6 Å². The van der Waals surface area contributed by atoms with Crippen LogP contribution in [0.2, 0.25) is 0 Å². The summed E-state index contributed by atoms with van der Waals surface area (Å²) in [6.07, 6.45) is 0. The van der Waals surface area contributed by atoms with Crippen LogP contribution in [0, 0.1) is 6.92 Å². The zero-order valence-electron chi connectivity index (χ0n) is 14.4. The molecule has 0 saturated heterocycles. The zero-order chi connectivity index (χ0) is 18.5. The third-order valence-electron chi connectivity index (χ3n) is 3.64. The number of fused-ring (bicyclic) bond motifs is 1. The average Bonchev–Trinajstić information content (AvgIpc) is 3.22. The van der Waals surface area contributed by atoms with Gasteiger partial charge in [-0.1, -0.05) is 11.2 Å². The molecular weight excluding hydrogens is 358 g/mol. The first-order chi connectivity index (χ1) is 12.5. The molecule has 2 amide bonds. The van der Waals surface area contributed by atoms with E-state index < -0.39 is 0 Å². The Morgan fingerprint density at radius 3 is 2.73 bits per heavy atom. The lowest BCUT2D eigenvalue weighted by Gasteiger charge is -2.14. The van der Waals surface area contributed by atoms with Gasteiger partial charge in [0.15, 0.2) is 17.3 Å². The Kier molecular flexibility index (Phi) is 5.67. The number of aryl methyl sites for hydroxylation is 1. The van der Waals surface area contributed by atoms with E-state index in [9.17, 15) is 9.59 Å². The van der Waals surface area contributed by atoms with Crippen molar-refractivity contribution in [2.24, 2.45) is 0 Å². The quantitative estimate of drug-likeness (QED) is 0.763. The predicted octanol–water partition coefficient (Wildman–Crippen LogP) is 2.26. The third-order valence-corrected chi connectivity index (χ3v) is 4.57. The van der Waals surface area contributed by atoms with Crippen molar-refractivity contribution in [3.8, 4) is 11.5 Å². The molecule has 138 valence electrons. The topological polar surface area (TPSA) is 103 Å². The summed E-state index contributed by atoms with van der Waals surface area (Å²) in [6.45, 7) is 3.84. The second kappa shape index (κ2) is 8.13. The number of hydrogen-bond donors (Lipinski definition) is 2. The normalized spacial score (nSPS) is 13.3. The van der Waals surface area contributed by atoms with E-state index in [1.54, 1.807) is 13.0 Å². The van der Waals surface area contributed by atoms with Crippen LogP contribution in [0.5, 0.6) is 11.5 Å². The van der Waals surface area contributed by atoms with E-state index in [2.05, 4.69) is 15.8 Å². The first-order valence-electron chi connectivity index (χ1n) is 8.01. The number of carbonyl (C=O) groups is 2. The second-order valence-corrected chi connectivity index (χ2v) is 6.75. The molecule has 1 aliphatic rings. The lowest BCUT2D eigenvalue weighted by Crippen LogP contribution is -2.28. The second-order valence-electron chi connectivity index (χ2n) is 5.77. The number of ether oxygens (including phenoxy) is 2. The number of aromatic nitrogens is 1. The number of anilines is 1. The first-order valence-corrected chi connectivity index (χ1v) is 9.16.